The molecule has 1 unspecified atom stereocenters. The molecule has 0 fully saturated rings. The van der Waals surface area contributed by atoms with E-state index in [-0.39, 0.29) is 0 Å². The van der Waals surface area contributed by atoms with Crippen molar-refractivity contribution in [2.24, 2.45) is 0 Å². The number of rotatable bonds is 2. The molecular weight excluding hydrogens is 380 g/mol. The lowest BCUT2D eigenvalue weighted by atomic mass is 10.0. The van der Waals surface area contributed by atoms with E-state index in [9.17, 15) is 5.11 Å². The Labute approximate surface area is 126 Å². The Morgan fingerprint density at radius 2 is 2.11 bits per heavy atom. The van der Waals surface area contributed by atoms with Crippen LogP contribution in [-0.2, 0) is 6.42 Å². The van der Waals surface area contributed by atoms with E-state index >= 15 is 0 Å². The summed E-state index contributed by atoms with van der Waals surface area (Å²) in [5, 5.41) is 10.4. The van der Waals surface area contributed by atoms with Crippen molar-refractivity contribution in [2.45, 2.75) is 12.5 Å². The summed E-state index contributed by atoms with van der Waals surface area (Å²) in [7, 11) is 0. The lowest BCUT2D eigenvalue weighted by Gasteiger charge is -2.11. The zero-order chi connectivity index (χ0) is 12.7. The largest absolute Gasteiger partial charge is 0.493 e. The number of halogens is 2. The van der Waals surface area contributed by atoms with Crippen LogP contribution < -0.4 is 4.74 Å². The maximum Gasteiger partial charge on any atom is 0.122 e. The highest BCUT2D eigenvalue weighted by molar-refractivity contribution is 9.12. The van der Waals surface area contributed by atoms with Crippen LogP contribution >= 0.6 is 43.2 Å². The first-order valence-corrected chi connectivity index (χ1v) is 7.94. The fourth-order valence-corrected chi connectivity index (χ4v) is 4.98. The second kappa shape index (κ2) is 4.96. The van der Waals surface area contributed by atoms with Crippen LogP contribution in [-0.4, -0.2) is 11.7 Å². The molecule has 0 spiro atoms. The Kier molecular flexibility index (Phi) is 3.49. The van der Waals surface area contributed by atoms with Crippen molar-refractivity contribution >= 4 is 43.2 Å². The lowest BCUT2D eigenvalue weighted by molar-refractivity contribution is 0.220. The Balaban J connectivity index is 1.97. The zero-order valence-corrected chi connectivity index (χ0v) is 13.3. The first-order chi connectivity index (χ1) is 8.65. The van der Waals surface area contributed by atoms with Crippen molar-refractivity contribution < 1.29 is 9.84 Å². The van der Waals surface area contributed by atoms with Crippen LogP contribution in [0.5, 0.6) is 5.75 Å². The third-order valence-corrected chi connectivity index (χ3v) is 5.39. The smallest absolute Gasteiger partial charge is 0.122 e. The van der Waals surface area contributed by atoms with Gasteiger partial charge in [-0.1, -0.05) is 6.07 Å². The molecule has 0 amide bonds. The molecule has 1 atom stereocenters. The molecule has 1 aliphatic rings. The minimum Gasteiger partial charge on any atom is -0.493 e. The summed E-state index contributed by atoms with van der Waals surface area (Å²) in [5.74, 6) is 0.941. The van der Waals surface area contributed by atoms with Gasteiger partial charge < -0.3 is 9.84 Å². The third-order valence-electron chi connectivity index (χ3n) is 3.01. The fourth-order valence-electron chi connectivity index (χ4n) is 2.10. The molecule has 0 saturated heterocycles. The molecular formula is C13H10Br2O2S. The molecule has 0 aliphatic carbocycles. The molecule has 2 nitrogen and oxygen atoms in total. The normalized spacial score (nSPS) is 15.3. The second-order valence-electron chi connectivity index (χ2n) is 4.15. The number of hydrogen-bond acceptors (Lipinski definition) is 3. The Morgan fingerprint density at radius 1 is 1.28 bits per heavy atom. The first-order valence-electron chi connectivity index (χ1n) is 5.53. The molecule has 2 heterocycles. The quantitative estimate of drug-likeness (QED) is 0.830. The number of thiophene rings is 1. The van der Waals surface area contributed by atoms with Crippen LogP contribution in [0.2, 0.25) is 0 Å². The second-order valence-corrected chi connectivity index (χ2v) is 7.90. The van der Waals surface area contributed by atoms with E-state index in [1.807, 2.05) is 24.3 Å². The monoisotopic (exact) mass is 388 g/mol. The summed E-state index contributed by atoms with van der Waals surface area (Å²) in [4.78, 5) is 0. The lowest BCUT2D eigenvalue weighted by Crippen LogP contribution is -1.99. The van der Waals surface area contributed by atoms with Gasteiger partial charge in [-0.05, 0) is 61.2 Å². The number of aliphatic hydroxyl groups excluding tert-OH is 1. The number of hydrogen-bond donors (Lipinski definition) is 1. The summed E-state index contributed by atoms with van der Waals surface area (Å²) >= 11 is 8.48. The van der Waals surface area contributed by atoms with Crippen molar-refractivity contribution in [2.75, 3.05) is 6.61 Å². The van der Waals surface area contributed by atoms with E-state index < -0.39 is 6.10 Å². The average Bonchev–Trinajstić information content (AvgIpc) is 2.93. The summed E-state index contributed by atoms with van der Waals surface area (Å²) < 4.78 is 7.43. The molecule has 1 aromatic carbocycles. The van der Waals surface area contributed by atoms with Gasteiger partial charge >= 0.3 is 0 Å². The van der Waals surface area contributed by atoms with Crippen LogP contribution in [0.4, 0.5) is 0 Å². The molecule has 0 bridgehead atoms. The molecule has 1 N–H and O–H groups in total. The predicted molar refractivity (Wildman–Crippen MR) is 79.4 cm³/mol. The van der Waals surface area contributed by atoms with Gasteiger partial charge in [0.05, 0.1) is 14.2 Å². The maximum absolute atomic E-state index is 10.4. The highest BCUT2D eigenvalue weighted by atomic mass is 79.9. The van der Waals surface area contributed by atoms with Gasteiger partial charge in [-0.2, -0.15) is 0 Å². The van der Waals surface area contributed by atoms with E-state index in [4.69, 9.17) is 4.74 Å². The standard InChI is InChI=1S/C13H10Br2O2S/c14-11-6-9(13(15)18-11)12(16)8-1-2-10-7(5-8)3-4-17-10/h1-2,5-6,12,16H,3-4H2. The first kappa shape index (κ1) is 12.7. The van der Waals surface area contributed by atoms with Crippen molar-refractivity contribution in [1.82, 2.24) is 0 Å². The number of fused-ring (bicyclic) bond motifs is 1. The average molecular weight is 390 g/mol. The van der Waals surface area contributed by atoms with E-state index in [1.165, 1.54) is 5.56 Å². The van der Waals surface area contributed by atoms with Gasteiger partial charge in [0.25, 0.3) is 0 Å². The zero-order valence-electron chi connectivity index (χ0n) is 9.32. The Hall–Kier alpha value is -0.360. The summed E-state index contributed by atoms with van der Waals surface area (Å²) in [6, 6.07) is 7.84. The van der Waals surface area contributed by atoms with Crippen molar-refractivity contribution in [3.8, 4) is 5.75 Å². The van der Waals surface area contributed by atoms with Gasteiger partial charge in [0.15, 0.2) is 0 Å². The van der Waals surface area contributed by atoms with E-state index in [0.717, 1.165) is 37.5 Å². The minimum atomic E-state index is -0.604. The molecule has 0 radical (unpaired) electrons. The van der Waals surface area contributed by atoms with Gasteiger partial charge in [0, 0.05) is 12.0 Å². The topological polar surface area (TPSA) is 29.5 Å². The Bertz CT molecular complexity index is 595. The minimum absolute atomic E-state index is 0.604. The van der Waals surface area contributed by atoms with Gasteiger partial charge in [-0.15, -0.1) is 11.3 Å². The number of benzene rings is 1. The number of aliphatic hydroxyl groups is 1. The van der Waals surface area contributed by atoms with Crippen molar-refractivity contribution in [3.63, 3.8) is 0 Å². The highest BCUT2D eigenvalue weighted by Gasteiger charge is 2.19. The highest BCUT2D eigenvalue weighted by Crippen LogP contribution is 2.39. The van der Waals surface area contributed by atoms with Crippen molar-refractivity contribution in [3.05, 3.63) is 48.5 Å². The molecule has 2 aromatic rings. The molecule has 3 rings (SSSR count). The number of ether oxygens (including phenoxy) is 1. The van der Waals surface area contributed by atoms with Gasteiger partial charge in [0.2, 0.25) is 0 Å². The molecule has 18 heavy (non-hydrogen) atoms. The summed E-state index contributed by atoms with van der Waals surface area (Å²) in [5.41, 5.74) is 2.98. The van der Waals surface area contributed by atoms with Crippen LogP contribution in [0.15, 0.2) is 31.8 Å². The maximum atomic E-state index is 10.4. The van der Waals surface area contributed by atoms with Crippen LogP contribution in [0.3, 0.4) is 0 Å². The van der Waals surface area contributed by atoms with Gasteiger partial charge in [-0.3, -0.25) is 0 Å². The fraction of sp³-hybridized carbons (Fsp3) is 0.231. The molecule has 1 aromatic heterocycles. The van der Waals surface area contributed by atoms with E-state index in [2.05, 4.69) is 31.9 Å². The summed E-state index contributed by atoms with van der Waals surface area (Å²) in [6.07, 6.45) is 0.317. The van der Waals surface area contributed by atoms with Gasteiger partial charge in [-0.25, -0.2) is 0 Å². The van der Waals surface area contributed by atoms with Crippen LogP contribution in [0, 0.1) is 0 Å². The third kappa shape index (κ3) is 2.25. The van der Waals surface area contributed by atoms with Crippen LogP contribution in [0.25, 0.3) is 0 Å². The summed E-state index contributed by atoms with van der Waals surface area (Å²) in [6.45, 7) is 0.739. The van der Waals surface area contributed by atoms with Crippen molar-refractivity contribution in [1.29, 1.82) is 0 Å². The SMILES string of the molecule is OC(c1ccc2c(c1)CCO2)c1cc(Br)sc1Br. The predicted octanol–water partition coefficient (Wildman–Crippen LogP) is 4.29. The van der Waals surface area contributed by atoms with E-state index in [0.29, 0.717) is 0 Å². The molecule has 0 saturated carbocycles. The van der Waals surface area contributed by atoms with Gasteiger partial charge in [0.1, 0.15) is 11.9 Å². The van der Waals surface area contributed by atoms with Crippen LogP contribution in [0.1, 0.15) is 22.8 Å². The van der Waals surface area contributed by atoms with E-state index in [1.54, 1.807) is 11.3 Å². The molecule has 5 heteroatoms. The molecule has 94 valence electrons. The molecule has 1 aliphatic heterocycles. The Morgan fingerprint density at radius 3 is 2.83 bits per heavy atom.